The zero-order valence-corrected chi connectivity index (χ0v) is 8.23. The number of halogens is 2. The molecule has 0 aliphatic heterocycles. The van der Waals surface area contributed by atoms with Gasteiger partial charge in [-0.05, 0) is 6.92 Å². The summed E-state index contributed by atoms with van der Waals surface area (Å²) in [6, 6.07) is 0. The molecule has 1 unspecified atom stereocenters. The molecule has 1 atom stereocenters. The van der Waals surface area contributed by atoms with E-state index in [1.165, 1.54) is 6.92 Å². The van der Waals surface area contributed by atoms with E-state index < -0.39 is 29.3 Å². The van der Waals surface area contributed by atoms with E-state index >= 15 is 0 Å². The van der Waals surface area contributed by atoms with Crippen LogP contribution in [0.5, 0.6) is 0 Å². The van der Waals surface area contributed by atoms with Gasteiger partial charge in [0.15, 0.2) is 0 Å². The van der Waals surface area contributed by atoms with Crippen molar-refractivity contribution in [3.05, 3.63) is 0 Å². The molecule has 0 N–H and O–H groups in total. The highest BCUT2D eigenvalue weighted by Gasteiger charge is 2.34. The van der Waals surface area contributed by atoms with E-state index in [9.17, 15) is 18.4 Å². The minimum Gasteiger partial charge on any atom is -0.298 e. The molecular weight excluding hydrogens is 178 g/mol. The Hall–Kier alpha value is -0.800. The van der Waals surface area contributed by atoms with E-state index in [0.717, 1.165) is 0 Å². The molecule has 0 rings (SSSR count). The molecule has 76 valence electrons. The Bertz CT molecular complexity index is 216. The van der Waals surface area contributed by atoms with Gasteiger partial charge in [-0.2, -0.15) is 0 Å². The van der Waals surface area contributed by atoms with Gasteiger partial charge in [0.2, 0.25) is 5.78 Å². The number of carbonyl (C=O) groups is 2. The fourth-order valence-corrected chi connectivity index (χ4v) is 0.968. The average molecular weight is 192 g/mol. The van der Waals surface area contributed by atoms with Crippen LogP contribution >= 0.6 is 0 Å². The van der Waals surface area contributed by atoms with E-state index in [2.05, 4.69) is 0 Å². The normalized spacial score (nSPS) is 14.4. The third-order valence-electron chi connectivity index (χ3n) is 1.77. The molecule has 0 radical (unpaired) electrons. The number of hydrogen-bond donors (Lipinski definition) is 0. The summed E-state index contributed by atoms with van der Waals surface area (Å²) in [5, 5.41) is 0. The van der Waals surface area contributed by atoms with Crippen LogP contribution in [0.1, 0.15) is 27.7 Å². The van der Waals surface area contributed by atoms with Gasteiger partial charge in [-0.3, -0.25) is 9.59 Å². The van der Waals surface area contributed by atoms with Crippen LogP contribution in [0.25, 0.3) is 0 Å². The lowest BCUT2D eigenvalue weighted by Gasteiger charge is -2.20. The Morgan fingerprint density at radius 1 is 1.15 bits per heavy atom. The Labute approximate surface area is 76.3 Å². The Morgan fingerprint density at radius 3 is 1.77 bits per heavy atom. The molecule has 0 fully saturated rings. The summed E-state index contributed by atoms with van der Waals surface area (Å²) in [5.41, 5.74) is -0.746. The summed E-state index contributed by atoms with van der Waals surface area (Å²) in [4.78, 5) is 22.1. The summed E-state index contributed by atoms with van der Waals surface area (Å²) in [6.45, 7) is 6.03. The third-order valence-corrected chi connectivity index (χ3v) is 1.77. The van der Waals surface area contributed by atoms with E-state index in [-0.39, 0.29) is 0 Å². The first kappa shape index (κ1) is 12.2. The molecular formula is C9H14F2O2. The Kier molecular flexibility index (Phi) is 3.70. The molecule has 2 nitrogen and oxygen atoms in total. The van der Waals surface area contributed by atoms with E-state index in [0.29, 0.717) is 0 Å². The van der Waals surface area contributed by atoms with Crippen molar-refractivity contribution in [1.82, 2.24) is 0 Å². The zero-order valence-electron chi connectivity index (χ0n) is 8.23. The highest BCUT2D eigenvalue weighted by molar-refractivity contribution is 6.05. The standard InChI is InChI=1S/C9H14F2O2/c1-5(6(12)8(10)11)7(13)9(2,3)4/h5,8H,1-4H3. The van der Waals surface area contributed by atoms with Crippen LogP contribution in [0.2, 0.25) is 0 Å². The molecule has 0 bridgehead atoms. The number of ketones is 2. The zero-order chi connectivity index (χ0) is 10.8. The molecule has 0 amide bonds. The summed E-state index contributed by atoms with van der Waals surface area (Å²) in [5.74, 6) is -2.95. The van der Waals surface area contributed by atoms with Gasteiger partial charge in [-0.25, -0.2) is 8.78 Å². The quantitative estimate of drug-likeness (QED) is 0.641. The molecule has 0 aliphatic rings. The molecule has 0 aliphatic carbocycles. The second-order valence-electron chi connectivity index (χ2n) is 4.04. The highest BCUT2D eigenvalue weighted by atomic mass is 19.3. The molecule has 0 saturated carbocycles. The van der Waals surface area contributed by atoms with Crippen LogP contribution < -0.4 is 0 Å². The van der Waals surface area contributed by atoms with Crippen LogP contribution in [-0.2, 0) is 9.59 Å². The van der Waals surface area contributed by atoms with Crippen molar-refractivity contribution in [1.29, 1.82) is 0 Å². The van der Waals surface area contributed by atoms with Gasteiger partial charge in [0.1, 0.15) is 5.78 Å². The summed E-state index contributed by atoms with van der Waals surface area (Å²) >= 11 is 0. The molecule has 0 aromatic heterocycles. The second kappa shape index (κ2) is 3.94. The van der Waals surface area contributed by atoms with Crippen LogP contribution in [0.3, 0.4) is 0 Å². The first-order valence-electron chi connectivity index (χ1n) is 4.04. The van der Waals surface area contributed by atoms with Crippen molar-refractivity contribution in [3.63, 3.8) is 0 Å². The molecule has 4 heteroatoms. The van der Waals surface area contributed by atoms with Gasteiger partial charge in [0.25, 0.3) is 6.43 Å². The van der Waals surface area contributed by atoms with Crippen molar-refractivity contribution in [2.45, 2.75) is 34.1 Å². The first-order chi connectivity index (χ1) is 5.68. The summed E-state index contributed by atoms with van der Waals surface area (Å²) in [7, 11) is 0. The minimum absolute atomic E-state index is 0.446. The monoisotopic (exact) mass is 192 g/mol. The van der Waals surface area contributed by atoms with Crippen molar-refractivity contribution < 1.29 is 18.4 Å². The largest absolute Gasteiger partial charge is 0.298 e. The Balaban J connectivity index is 4.54. The summed E-state index contributed by atoms with van der Waals surface area (Å²) in [6.07, 6.45) is -3.05. The maximum atomic E-state index is 11.9. The second-order valence-corrected chi connectivity index (χ2v) is 4.04. The van der Waals surface area contributed by atoms with Gasteiger partial charge in [0.05, 0.1) is 5.92 Å². The topological polar surface area (TPSA) is 34.1 Å². The predicted octanol–water partition coefficient (Wildman–Crippen LogP) is 2.07. The lowest BCUT2D eigenvalue weighted by atomic mass is 9.82. The molecule has 0 aromatic carbocycles. The molecule has 0 aromatic rings. The van der Waals surface area contributed by atoms with Gasteiger partial charge in [-0.1, -0.05) is 20.8 Å². The van der Waals surface area contributed by atoms with Crippen LogP contribution in [0.15, 0.2) is 0 Å². The van der Waals surface area contributed by atoms with E-state index in [1.807, 2.05) is 0 Å². The van der Waals surface area contributed by atoms with Gasteiger partial charge in [0, 0.05) is 5.41 Å². The minimum atomic E-state index is -3.05. The smallest absolute Gasteiger partial charge is 0.296 e. The average Bonchev–Trinajstić information content (AvgIpc) is 1.98. The van der Waals surface area contributed by atoms with Gasteiger partial charge < -0.3 is 0 Å². The Morgan fingerprint density at radius 2 is 1.54 bits per heavy atom. The van der Waals surface area contributed by atoms with Gasteiger partial charge in [-0.15, -0.1) is 0 Å². The maximum absolute atomic E-state index is 11.9. The molecule has 13 heavy (non-hydrogen) atoms. The van der Waals surface area contributed by atoms with Crippen molar-refractivity contribution >= 4 is 11.6 Å². The number of alkyl halides is 2. The highest BCUT2D eigenvalue weighted by Crippen LogP contribution is 2.21. The van der Waals surface area contributed by atoms with Crippen molar-refractivity contribution in [3.8, 4) is 0 Å². The fraction of sp³-hybridized carbons (Fsp3) is 0.778. The predicted molar refractivity (Wildman–Crippen MR) is 44.6 cm³/mol. The number of Topliss-reactive ketones (excluding diaryl/α,β-unsaturated/α-hetero) is 2. The molecule has 0 spiro atoms. The van der Waals surface area contributed by atoms with Crippen molar-refractivity contribution in [2.75, 3.05) is 0 Å². The maximum Gasteiger partial charge on any atom is 0.296 e. The van der Waals surface area contributed by atoms with Crippen LogP contribution in [-0.4, -0.2) is 18.0 Å². The third kappa shape index (κ3) is 3.20. The van der Waals surface area contributed by atoms with Crippen LogP contribution in [0, 0.1) is 11.3 Å². The SMILES string of the molecule is CC(C(=O)C(F)F)C(=O)C(C)(C)C. The van der Waals surface area contributed by atoms with Gasteiger partial charge >= 0.3 is 0 Å². The lowest BCUT2D eigenvalue weighted by molar-refractivity contribution is -0.142. The van der Waals surface area contributed by atoms with E-state index in [1.54, 1.807) is 20.8 Å². The lowest BCUT2D eigenvalue weighted by Crippen LogP contribution is -2.34. The number of rotatable bonds is 3. The van der Waals surface area contributed by atoms with E-state index in [4.69, 9.17) is 0 Å². The first-order valence-corrected chi connectivity index (χ1v) is 4.04. The fourth-order valence-electron chi connectivity index (χ4n) is 0.968. The summed E-state index contributed by atoms with van der Waals surface area (Å²) < 4.78 is 23.9. The number of carbonyl (C=O) groups excluding carboxylic acids is 2. The number of hydrogen-bond acceptors (Lipinski definition) is 2. The van der Waals surface area contributed by atoms with Crippen LogP contribution in [0.4, 0.5) is 8.78 Å². The van der Waals surface area contributed by atoms with Crippen molar-refractivity contribution in [2.24, 2.45) is 11.3 Å². The molecule has 0 saturated heterocycles. The molecule has 0 heterocycles.